The Labute approximate surface area is 98.8 Å². The zero-order chi connectivity index (χ0) is 11.1. The van der Waals surface area contributed by atoms with Gasteiger partial charge in [0, 0.05) is 17.0 Å². The van der Waals surface area contributed by atoms with E-state index in [0.717, 1.165) is 24.2 Å². The molecule has 3 rings (SSSR count). The molecule has 1 aliphatic rings. The molecule has 0 fully saturated rings. The number of benzene rings is 1. The zero-order valence-corrected chi connectivity index (χ0v) is 9.89. The number of methoxy groups -OCH3 is 1. The molecule has 1 aromatic heterocycles. The number of rotatable bonds is 1. The lowest BCUT2D eigenvalue weighted by molar-refractivity contribution is 0.414. The number of hydrogen-bond acceptors (Lipinski definition) is 3. The van der Waals surface area contributed by atoms with Crippen molar-refractivity contribution in [3.63, 3.8) is 0 Å². The van der Waals surface area contributed by atoms with E-state index in [0.29, 0.717) is 4.71 Å². The van der Waals surface area contributed by atoms with Gasteiger partial charge < -0.3 is 9.15 Å². The predicted octanol–water partition coefficient (Wildman–Crippen LogP) is 3.66. The molecule has 0 radical (unpaired) electrons. The van der Waals surface area contributed by atoms with Crippen LogP contribution in [-0.4, -0.2) is 7.11 Å². The van der Waals surface area contributed by atoms with E-state index in [-0.39, 0.29) is 0 Å². The molecule has 0 atom stereocenters. The van der Waals surface area contributed by atoms with Gasteiger partial charge in [-0.3, -0.25) is 0 Å². The third-order valence-electron chi connectivity index (χ3n) is 3.18. The molecule has 16 heavy (non-hydrogen) atoms. The maximum atomic E-state index is 5.68. The van der Waals surface area contributed by atoms with Gasteiger partial charge >= 0.3 is 0 Å². The lowest BCUT2D eigenvalue weighted by Crippen LogP contribution is -1.88. The molecule has 3 heteroatoms. The molecule has 0 bridgehead atoms. The summed E-state index contributed by atoms with van der Waals surface area (Å²) in [5.74, 6) is 0.809. The van der Waals surface area contributed by atoms with Crippen molar-refractivity contribution in [1.82, 2.24) is 0 Å². The van der Waals surface area contributed by atoms with Gasteiger partial charge in [0.25, 0.3) is 0 Å². The lowest BCUT2D eigenvalue weighted by atomic mass is 10.1. The maximum Gasteiger partial charge on any atom is 0.194 e. The minimum atomic E-state index is 0.647. The van der Waals surface area contributed by atoms with Crippen LogP contribution in [0.2, 0.25) is 0 Å². The van der Waals surface area contributed by atoms with Crippen molar-refractivity contribution < 1.29 is 9.15 Å². The summed E-state index contributed by atoms with van der Waals surface area (Å²) in [4.78, 5) is 0. The fourth-order valence-corrected chi connectivity index (χ4v) is 2.71. The fourth-order valence-electron chi connectivity index (χ4n) is 2.39. The Morgan fingerprint density at radius 2 is 2.06 bits per heavy atom. The highest BCUT2D eigenvalue weighted by Crippen LogP contribution is 2.32. The van der Waals surface area contributed by atoms with Crippen molar-refractivity contribution >= 4 is 23.2 Å². The Bertz CT molecular complexity index is 613. The summed E-state index contributed by atoms with van der Waals surface area (Å²) >= 11 is 5.28. The van der Waals surface area contributed by atoms with Crippen molar-refractivity contribution in [2.24, 2.45) is 0 Å². The molecule has 1 heterocycles. The lowest BCUT2D eigenvalue weighted by Gasteiger charge is -2.06. The number of ether oxygens (including phenoxy) is 1. The molecule has 0 aliphatic heterocycles. The first-order chi connectivity index (χ1) is 7.79. The van der Waals surface area contributed by atoms with Gasteiger partial charge in [-0.15, -0.1) is 0 Å². The van der Waals surface area contributed by atoms with E-state index in [1.165, 1.54) is 22.9 Å². The summed E-state index contributed by atoms with van der Waals surface area (Å²) in [6.45, 7) is 0. The van der Waals surface area contributed by atoms with Crippen LogP contribution in [0, 0.1) is 4.71 Å². The summed E-state index contributed by atoms with van der Waals surface area (Å²) in [5, 5.41) is 1.18. The van der Waals surface area contributed by atoms with Crippen molar-refractivity contribution in [2.75, 3.05) is 7.11 Å². The molecule has 0 saturated carbocycles. The fraction of sp³-hybridized carbons (Fsp3) is 0.308. The molecular formula is C13H12O2S. The Morgan fingerprint density at radius 3 is 2.88 bits per heavy atom. The molecule has 1 aliphatic carbocycles. The summed E-state index contributed by atoms with van der Waals surface area (Å²) in [6, 6.07) is 5.94. The van der Waals surface area contributed by atoms with E-state index in [9.17, 15) is 0 Å². The number of aryl methyl sites for hydroxylation is 1. The van der Waals surface area contributed by atoms with E-state index >= 15 is 0 Å². The van der Waals surface area contributed by atoms with Crippen LogP contribution in [0.25, 0.3) is 11.0 Å². The van der Waals surface area contributed by atoms with Crippen LogP contribution >= 0.6 is 12.2 Å². The van der Waals surface area contributed by atoms with Gasteiger partial charge in [-0.1, -0.05) is 0 Å². The molecular weight excluding hydrogens is 220 g/mol. The molecule has 2 nitrogen and oxygen atoms in total. The first-order valence-electron chi connectivity index (χ1n) is 5.42. The summed E-state index contributed by atoms with van der Waals surface area (Å²) in [7, 11) is 1.66. The van der Waals surface area contributed by atoms with Gasteiger partial charge in [0.2, 0.25) is 0 Å². The second kappa shape index (κ2) is 3.59. The van der Waals surface area contributed by atoms with Crippen LogP contribution in [-0.2, 0) is 12.8 Å². The van der Waals surface area contributed by atoms with Crippen LogP contribution in [0.4, 0.5) is 0 Å². The second-order valence-corrected chi connectivity index (χ2v) is 4.43. The maximum absolute atomic E-state index is 5.68. The summed E-state index contributed by atoms with van der Waals surface area (Å²) in [5.41, 5.74) is 3.44. The minimum Gasteiger partial charge on any atom is -0.497 e. The molecule has 82 valence electrons. The van der Waals surface area contributed by atoms with Crippen molar-refractivity contribution in [1.29, 1.82) is 0 Å². The third kappa shape index (κ3) is 1.35. The Morgan fingerprint density at radius 1 is 1.25 bits per heavy atom. The van der Waals surface area contributed by atoms with Gasteiger partial charge in [0.1, 0.15) is 11.3 Å². The summed E-state index contributed by atoms with van der Waals surface area (Å²) < 4.78 is 11.5. The standard InChI is InChI=1S/C13H12O2S/c1-14-8-5-6-10-9-3-2-4-11(9)13(16)15-12(10)7-8/h5-7H,2-4H2,1H3. The first-order valence-corrected chi connectivity index (χ1v) is 5.83. The average Bonchev–Trinajstić information content (AvgIpc) is 2.78. The van der Waals surface area contributed by atoms with Crippen molar-refractivity contribution in [3.8, 4) is 5.75 Å². The highest BCUT2D eigenvalue weighted by Gasteiger charge is 2.17. The van der Waals surface area contributed by atoms with Crippen LogP contribution in [0.1, 0.15) is 17.5 Å². The number of hydrogen-bond donors (Lipinski definition) is 0. The largest absolute Gasteiger partial charge is 0.497 e. The monoisotopic (exact) mass is 232 g/mol. The molecule has 0 spiro atoms. The van der Waals surface area contributed by atoms with Crippen molar-refractivity contribution in [3.05, 3.63) is 34.0 Å². The quantitative estimate of drug-likeness (QED) is 0.701. The van der Waals surface area contributed by atoms with Crippen LogP contribution in [0.5, 0.6) is 5.75 Å². The average molecular weight is 232 g/mol. The Kier molecular flexibility index (Phi) is 2.21. The van der Waals surface area contributed by atoms with Gasteiger partial charge in [0.05, 0.1) is 7.11 Å². The van der Waals surface area contributed by atoms with E-state index < -0.39 is 0 Å². The van der Waals surface area contributed by atoms with Gasteiger partial charge in [-0.2, -0.15) is 0 Å². The first kappa shape index (κ1) is 9.85. The topological polar surface area (TPSA) is 22.4 Å². The SMILES string of the molecule is COc1ccc2c3c(c(=S)oc2c1)CCC3. The second-order valence-electron chi connectivity index (χ2n) is 4.06. The summed E-state index contributed by atoms with van der Waals surface area (Å²) in [6.07, 6.45) is 3.34. The van der Waals surface area contributed by atoms with E-state index in [1.54, 1.807) is 7.11 Å². The zero-order valence-electron chi connectivity index (χ0n) is 9.08. The van der Waals surface area contributed by atoms with Gasteiger partial charge in [-0.25, -0.2) is 0 Å². The predicted molar refractivity (Wildman–Crippen MR) is 65.6 cm³/mol. The smallest absolute Gasteiger partial charge is 0.194 e. The van der Waals surface area contributed by atoms with Crippen LogP contribution in [0.15, 0.2) is 22.6 Å². The highest BCUT2D eigenvalue weighted by atomic mass is 32.1. The van der Waals surface area contributed by atoms with Gasteiger partial charge in [0.15, 0.2) is 4.71 Å². The highest BCUT2D eigenvalue weighted by molar-refractivity contribution is 7.71. The molecule has 1 aromatic carbocycles. The van der Waals surface area contributed by atoms with Gasteiger partial charge in [-0.05, 0) is 49.2 Å². The van der Waals surface area contributed by atoms with Crippen molar-refractivity contribution in [2.45, 2.75) is 19.3 Å². The van der Waals surface area contributed by atoms with E-state index in [1.807, 2.05) is 12.1 Å². The third-order valence-corrected chi connectivity index (χ3v) is 3.51. The molecule has 0 amide bonds. The number of fused-ring (bicyclic) bond motifs is 3. The molecule has 2 aromatic rings. The Hall–Kier alpha value is -1.35. The molecule has 0 N–H and O–H groups in total. The van der Waals surface area contributed by atoms with E-state index in [4.69, 9.17) is 21.4 Å². The van der Waals surface area contributed by atoms with Crippen LogP contribution in [0.3, 0.4) is 0 Å². The molecule has 0 saturated heterocycles. The normalized spacial score (nSPS) is 14.1. The minimum absolute atomic E-state index is 0.647. The van der Waals surface area contributed by atoms with E-state index in [2.05, 4.69) is 6.07 Å². The van der Waals surface area contributed by atoms with Crippen LogP contribution < -0.4 is 4.74 Å². The molecule has 0 unspecified atom stereocenters. The Balaban J connectivity index is 2.38.